The fourth-order valence-corrected chi connectivity index (χ4v) is 5.91. The van der Waals surface area contributed by atoms with Crippen molar-refractivity contribution < 1.29 is 18.3 Å². The number of sulfonamides is 1. The monoisotopic (exact) mass is 562 g/mol. The van der Waals surface area contributed by atoms with Crippen LogP contribution in [0.15, 0.2) is 47.3 Å². The van der Waals surface area contributed by atoms with Crippen molar-refractivity contribution in [2.24, 2.45) is 5.92 Å². The molecule has 0 aliphatic heterocycles. The number of benzene rings is 2. The van der Waals surface area contributed by atoms with Crippen LogP contribution >= 0.6 is 11.6 Å². The molecule has 0 fully saturated rings. The molecule has 0 saturated carbocycles. The van der Waals surface area contributed by atoms with E-state index in [0.717, 1.165) is 0 Å². The van der Waals surface area contributed by atoms with Crippen molar-refractivity contribution in [3.8, 4) is 5.69 Å². The van der Waals surface area contributed by atoms with Gasteiger partial charge in [-0.2, -0.15) is 0 Å². The summed E-state index contributed by atoms with van der Waals surface area (Å²) < 4.78 is 28.8. The van der Waals surface area contributed by atoms with E-state index in [0.29, 0.717) is 23.2 Å². The highest BCUT2D eigenvalue weighted by Gasteiger charge is 2.34. The summed E-state index contributed by atoms with van der Waals surface area (Å²) in [5.74, 6) is 0.501. The second-order valence-electron chi connectivity index (χ2n) is 10.7. The summed E-state index contributed by atoms with van der Waals surface area (Å²) in [4.78, 5) is 32.1. The van der Waals surface area contributed by atoms with Crippen molar-refractivity contribution in [3.05, 3.63) is 69.2 Å². The molecule has 0 radical (unpaired) electrons. The van der Waals surface area contributed by atoms with Gasteiger partial charge in [-0.3, -0.25) is 14.3 Å². The molecule has 0 aliphatic carbocycles. The summed E-state index contributed by atoms with van der Waals surface area (Å²) in [5.41, 5.74) is 0.175. The van der Waals surface area contributed by atoms with Crippen LogP contribution in [0.1, 0.15) is 65.4 Å². The van der Waals surface area contributed by atoms with Crippen molar-refractivity contribution in [1.29, 1.82) is 0 Å². The van der Waals surface area contributed by atoms with Gasteiger partial charge in [-0.05, 0) is 69.9 Å². The van der Waals surface area contributed by atoms with E-state index in [4.69, 9.17) is 16.6 Å². The zero-order valence-electron chi connectivity index (χ0n) is 22.5. The number of carbonyl (C=O) groups is 1. The fourth-order valence-electron chi connectivity index (χ4n) is 4.35. The maximum absolute atomic E-state index is 13.9. The predicted molar refractivity (Wildman–Crippen MR) is 150 cm³/mol. The van der Waals surface area contributed by atoms with Gasteiger partial charge >= 0.3 is 6.09 Å². The Kier molecular flexibility index (Phi) is 8.90. The van der Waals surface area contributed by atoms with Crippen molar-refractivity contribution in [1.82, 2.24) is 19.2 Å². The molecule has 2 N–H and O–H groups in total. The quantitative estimate of drug-likeness (QED) is 0.363. The second-order valence-corrected chi connectivity index (χ2v) is 13.1. The van der Waals surface area contributed by atoms with E-state index in [1.54, 1.807) is 70.2 Å². The van der Waals surface area contributed by atoms with Crippen LogP contribution in [0, 0.1) is 5.92 Å². The highest BCUT2D eigenvalue weighted by molar-refractivity contribution is 7.89. The molecule has 3 rings (SSSR count). The summed E-state index contributed by atoms with van der Waals surface area (Å²) >= 11 is 6.39. The van der Waals surface area contributed by atoms with Gasteiger partial charge in [0.1, 0.15) is 5.82 Å². The number of hydrogen-bond acceptors (Lipinski definition) is 5. The Labute approximate surface area is 228 Å². The number of fused-ring (bicyclic) bond motifs is 1. The van der Waals surface area contributed by atoms with Gasteiger partial charge in [-0.1, -0.05) is 43.6 Å². The lowest BCUT2D eigenvalue weighted by Crippen LogP contribution is -2.47. The molecule has 1 aromatic heterocycles. The first-order chi connectivity index (χ1) is 17.6. The predicted octanol–water partition coefficient (Wildman–Crippen LogP) is 5.34. The van der Waals surface area contributed by atoms with Gasteiger partial charge in [0.05, 0.1) is 33.4 Å². The van der Waals surface area contributed by atoms with Crippen LogP contribution in [0.25, 0.3) is 16.6 Å². The van der Waals surface area contributed by atoms with Gasteiger partial charge in [-0.15, -0.1) is 0 Å². The second kappa shape index (κ2) is 11.4. The summed E-state index contributed by atoms with van der Waals surface area (Å²) in [7, 11) is -3.47. The van der Waals surface area contributed by atoms with Crippen molar-refractivity contribution in [2.45, 2.75) is 66.1 Å². The van der Waals surface area contributed by atoms with Gasteiger partial charge in [0.2, 0.25) is 10.0 Å². The number of nitrogens with zero attached hydrogens (tertiary/aromatic N) is 3. The normalized spacial score (nSPS) is 13.2. The van der Waals surface area contributed by atoms with E-state index < -0.39 is 33.3 Å². The average molecular weight is 563 g/mol. The first-order valence-electron chi connectivity index (χ1n) is 12.4. The lowest BCUT2D eigenvalue weighted by molar-refractivity contribution is 0.0719. The van der Waals surface area contributed by atoms with Crippen LogP contribution in [0.5, 0.6) is 0 Å². The van der Waals surface area contributed by atoms with E-state index in [2.05, 4.69) is 4.72 Å². The number of nitrogens with one attached hydrogen (secondary N) is 1. The van der Waals surface area contributed by atoms with E-state index in [9.17, 15) is 23.1 Å². The molecule has 0 unspecified atom stereocenters. The summed E-state index contributed by atoms with van der Waals surface area (Å²) in [6, 6.07) is 11.0. The number of aromatic nitrogens is 2. The highest BCUT2D eigenvalue weighted by Crippen LogP contribution is 2.30. The molecule has 206 valence electrons. The number of amides is 1. The molecule has 2 aromatic carbocycles. The summed E-state index contributed by atoms with van der Waals surface area (Å²) in [6.07, 6.45) is -0.606. The molecule has 9 nitrogen and oxygen atoms in total. The number of carboxylic acid groups (broad SMARTS) is 1. The molecule has 0 spiro atoms. The zero-order chi connectivity index (χ0) is 28.4. The molecular weight excluding hydrogens is 528 g/mol. The average Bonchev–Trinajstić information content (AvgIpc) is 2.80. The number of rotatable bonds is 9. The Balaban J connectivity index is 2.16. The SMILES string of the molecule is CC(C)CCS(=O)(=O)NCc1cccc(-n2c([C@H](C)N(C(=O)O)C(C)(C)C)nc3cccc(Cl)c3c2=O)c1. The van der Waals surface area contributed by atoms with Gasteiger partial charge in [0, 0.05) is 12.1 Å². The lowest BCUT2D eigenvalue weighted by Gasteiger charge is -2.38. The minimum Gasteiger partial charge on any atom is -0.465 e. The third kappa shape index (κ3) is 6.73. The van der Waals surface area contributed by atoms with E-state index in [1.807, 2.05) is 13.8 Å². The minimum atomic E-state index is -3.47. The topological polar surface area (TPSA) is 122 Å². The van der Waals surface area contributed by atoms with Crippen molar-refractivity contribution >= 4 is 38.6 Å². The van der Waals surface area contributed by atoms with Crippen LogP contribution in [-0.4, -0.2) is 45.4 Å². The third-order valence-electron chi connectivity index (χ3n) is 6.19. The van der Waals surface area contributed by atoms with Gasteiger partial charge in [-0.25, -0.2) is 22.9 Å². The van der Waals surface area contributed by atoms with Crippen LogP contribution < -0.4 is 10.3 Å². The Morgan fingerprint density at radius 1 is 1.16 bits per heavy atom. The maximum Gasteiger partial charge on any atom is 0.408 e. The molecule has 0 aliphatic rings. The molecule has 3 aromatic rings. The smallest absolute Gasteiger partial charge is 0.408 e. The van der Waals surface area contributed by atoms with E-state index in [1.165, 1.54) is 9.47 Å². The van der Waals surface area contributed by atoms with E-state index >= 15 is 0 Å². The minimum absolute atomic E-state index is 0.0242. The Morgan fingerprint density at radius 3 is 2.42 bits per heavy atom. The van der Waals surface area contributed by atoms with Gasteiger partial charge in [0.15, 0.2) is 0 Å². The Morgan fingerprint density at radius 2 is 1.82 bits per heavy atom. The van der Waals surface area contributed by atoms with Gasteiger partial charge < -0.3 is 5.11 Å². The number of hydrogen-bond donors (Lipinski definition) is 2. The molecular formula is C27H35ClN4O5S. The highest BCUT2D eigenvalue weighted by atomic mass is 35.5. The molecule has 1 atom stereocenters. The molecule has 1 heterocycles. The first-order valence-corrected chi connectivity index (χ1v) is 14.5. The number of halogens is 1. The maximum atomic E-state index is 13.9. The van der Waals surface area contributed by atoms with Crippen LogP contribution in [0.3, 0.4) is 0 Å². The standard InChI is InChI=1S/C27H35ClN4O5S/c1-17(2)13-14-38(36,37)29-16-19-9-7-10-20(15-19)31-24(18(3)32(26(34)35)27(4,5)6)30-22-12-8-11-21(28)23(22)25(31)33/h7-12,15,17-18,29H,13-14,16H2,1-6H3,(H,34,35)/t18-/m0/s1. The van der Waals surface area contributed by atoms with Crippen LogP contribution in [0.2, 0.25) is 5.02 Å². The fraction of sp³-hybridized carbons (Fsp3) is 0.444. The largest absolute Gasteiger partial charge is 0.465 e. The Bertz CT molecular complexity index is 1500. The molecule has 11 heteroatoms. The molecule has 38 heavy (non-hydrogen) atoms. The lowest BCUT2D eigenvalue weighted by atomic mass is 10.0. The van der Waals surface area contributed by atoms with Crippen molar-refractivity contribution in [2.75, 3.05) is 5.75 Å². The van der Waals surface area contributed by atoms with Gasteiger partial charge in [0.25, 0.3) is 5.56 Å². The zero-order valence-corrected chi connectivity index (χ0v) is 24.1. The van der Waals surface area contributed by atoms with E-state index in [-0.39, 0.29) is 34.4 Å². The summed E-state index contributed by atoms with van der Waals surface area (Å²) in [6.45, 7) is 11.0. The van der Waals surface area contributed by atoms with Crippen LogP contribution in [-0.2, 0) is 16.6 Å². The molecule has 0 bridgehead atoms. The van der Waals surface area contributed by atoms with Crippen molar-refractivity contribution in [3.63, 3.8) is 0 Å². The summed E-state index contributed by atoms with van der Waals surface area (Å²) in [5, 5.41) is 10.5. The third-order valence-corrected chi connectivity index (χ3v) is 7.86. The Hall–Kier alpha value is -2.95. The molecule has 1 amide bonds. The van der Waals surface area contributed by atoms with Crippen LogP contribution in [0.4, 0.5) is 4.79 Å². The first kappa shape index (κ1) is 29.6. The molecule has 0 saturated heterocycles.